The van der Waals surface area contributed by atoms with Crippen LogP contribution in [0.2, 0.25) is 0 Å². The zero-order valence-corrected chi connectivity index (χ0v) is 13.0. The van der Waals surface area contributed by atoms with Crippen LogP contribution in [0.5, 0.6) is 11.5 Å². The number of benzene rings is 1. The van der Waals surface area contributed by atoms with Crippen molar-refractivity contribution < 1.29 is 19.1 Å². The first-order valence-electron chi connectivity index (χ1n) is 7.63. The Morgan fingerprint density at radius 2 is 1.71 bits per heavy atom. The summed E-state index contributed by atoms with van der Waals surface area (Å²) >= 11 is 0. The van der Waals surface area contributed by atoms with E-state index in [0.29, 0.717) is 18.8 Å². The van der Waals surface area contributed by atoms with Gasteiger partial charge in [-0.05, 0) is 38.1 Å². The van der Waals surface area contributed by atoms with E-state index in [1.54, 1.807) is 11.0 Å². The second kappa shape index (κ2) is 8.05. The maximum atomic E-state index is 5.80. The molecule has 1 aliphatic rings. The molecule has 0 bridgehead atoms. The van der Waals surface area contributed by atoms with Crippen molar-refractivity contribution in [3.8, 4) is 11.5 Å². The molecule has 0 saturated carbocycles. The molecule has 4 heteroatoms. The fourth-order valence-corrected chi connectivity index (χ4v) is 2.69. The number of hydrogen-bond donors (Lipinski definition) is 1. The van der Waals surface area contributed by atoms with Crippen LogP contribution in [-0.4, -0.2) is 45.1 Å². The van der Waals surface area contributed by atoms with E-state index < -0.39 is 0 Å². The van der Waals surface area contributed by atoms with Crippen molar-refractivity contribution in [2.45, 2.75) is 26.1 Å². The third kappa shape index (κ3) is 5.40. The SMILES string of the molecule is C=CCOc1ccc(OCC[NH+]2C[C@H](C)O[C@@H](C)C2)cc1. The summed E-state index contributed by atoms with van der Waals surface area (Å²) in [4.78, 5) is 1.55. The number of ether oxygens (including phenoxy) is 3. The van der Waals surface area contributed by atoms with Crippen LogP contribution >= 0.6 is 0 Å². The maximum absolute atomic E-state index is 5.80. The van der Waals surface area contributed by atoms with Crippen molar-refractivity contribution in [2.75, 3.05) is 32.8 Å². The monoisotopic (exact) mass is 292 g/mol. The minimum atomic E-state index is 0.338. The van der Waals surface area contributed by atoms with Crippen molar-refractivity contribution in [3.05, 3.63) is 36.9 Å². The Bertz CT molecular complexity index is 422. The van der Waals surface area contributed by atoms with Crippen LogP contribution in [0.4, 0.5) is 0 Å². The maximum Gasteiger partial charge on any atom is 0.137 e. The number of quaternary nitrogens is 1. The van der Waals surface area contributed by atoms with Crippen LogP contribution in [0.15, 0.2) is 36.9 Å². The highest BCUT2D eigenvalue weighted by Gasteiger charge is 2.25. The summed E-state index contributed by atoms with van der Waals surface area (Å²) in [7, 11) is 0. The molecule has 0 aromatic heterocycles. The lowest BCUT2D eigenvalue weighted by Gasteiger charge is -2.32. The summed E-state index contributed by atoms with van der Waals surface area (Å²) in [5, 5.41) is 0. The lowest BCUT2D eigenvalue weighted by Crippen LogP contribution is -3.16. The Hall–Kier alpha value is -1.52. The van der Waals surface area contributed by atoms with Gasteiger partial charge in [0.2, 0.25) is 0 Å². The summed E-state index contributed by atoms with van der Waals surface area (Å²) < 4.78 is 17.0. The van der Waals surface area contributed by atoms with Crippen LogP contribution in [-0.2, 0) is 4.74 Å². The number of hydrogen-bond acceptors (Lipinski definition) is 3. The summed E-state index contributed by atoms with van der Waals surface area (Å²) in [6.07, 6.45) is 2.41. The van der Waals surface area contributed by atoms with Gasteiger partial charge in [-0.3, -0.25) is 0 Å². The molecule has 21 heavy (non-hydrogen) atoms. The van der Waals surface area contributed by atoms with Crippen LogP contribution in [0.25, 0.3) is 0 Å². The molecule has 2 atom stereocenters. The number of morpholine rings is 1. The molecule has 1 aromatic rings. The van der Waals surface area contributed by atoms with E-state index >= 15 is 0 Å². The van der Waals surface area contributed by atoms with Crippen LogP contribution in [0.3, 0.4) is 0 Å². The highest BCUT2D eigenvalue weighted by Crippen LogP contribution is 2.17. The fourth-order valence-electron chi connectivity index (χ4n) is 2.69. The molecule has 1 saturated heterocycles. The van der Waals surface area contributed by atoms with Gasteiger partial charge in [0, 0.05) is 0 Å². The highest BCUT2D eigenvalue weighted by atomic mass is 16.5. The minimum Gasteiger partial charge on any atom is -0.490 e. The van der Waals surface area contributed by atoms with E-state index in [1.165, 1.54) is 0 Å². The first-order chi connectivity index (χ1) is 10.2. The first kappa shape index (κ1) is 15.9. The molecule has 0 aliphatic carbocycles. The molecule has 1 heterocycles. The van der Waals surface area contributed by atoms with E-state index in [4.69, 9.17) is 14.2 Å². The highest BCUT2D eigenvalue weighted by molar-refractivity contribution is 5.31. The van der Waals surface area contributed by atoms with E-state index in [2.05, 4.69) is 20.4 Å². The van der Waals surface area contributed by atoms with E-state index in [-0.39, 0.29) is 0 Å². The van der Waals surface area contributed by atoms with Crippen LogP contribution < -0.4 is 14.4 Å². The Kier molecular flexibility index (Phi) is 6.08. The van der Waals surface area contributed by atoms with Crippen molar-refractivity contribution >= 4 is 0 Å². The zero-order chi connectivity index (χ0) is 15.1. The Labute approximate surface area is 127 Å². The second-order valence-electron chi connectivity index (χ2n) is 5.59. The van der Waals surface area contributed by atoms with Gasteiger partial charge in [0.1, 0.15) is 56.6 Å². The Morgan fingerprint density at radius 1 is 1.14 bits per heavy atom. The van der Waals surface area contributed by atoms with Gasteiger partial charge in [-0.25, -0.2) is 0 Å². The van der Waals surface area contributed by atoms with Gasteiger partial charge in [-0.2, -0.15) is 0 Å². The van der Waals surface area contributed by atoms with Gasteiger partial charge < -0.3 is 19.1 Å². The largest absolute Gasteiger partial charge is 0.490 e. The predicted octanol–water partition coefficient (Wildman–Crippen LogP) is 1.32. The summed E-state index contributed by atoms with van der Waals surface area (Å²) in [5.74, 6) is 1.72. The molecule has 1 aromatic carbocycles. The molecule has 4 nitrogen and oxygen atoms in total. The third-order valence-corrected chi connectivity index (χ3v) is 3.53. The van der Waals surface area contributed by atoms with Crippen LogP contribution in [0, 0.1) is 0 Å². The van der Waals surface area contributed by atoms with Gasteiger partial charge in [0.15, 0.2) is 0 Å². The van der Waals surface area contributed by atoms with Crippen molar-refractivity contribution in [1.29, 1.82) is 0 Å². The molecule has 116 valence electrons. The van der Waals surface area contributed by atoms with Gasteiger partial charge in [0.05, 0.1) is 0 Å². The Balaban J connectivity index is 1.71. The molecule has 0 amide bonds. The van der Waals surface area contributed by atoms with Crippen LogP contribution in [0.1, 0.15) is 13.8 Å². The minimum absolute atomic E-state index is 0.338. The van der Waals surface area contributed by atoms with Gasteiger partial charge in [0.25, 0.3) is 0 Å². The van der Waals surface area contributed by atoms with Crippen molar-refractivity contribution in [2.24, 2.45) is 0 Å². The van der Waals surface area contributed by atoms with E-state index in [9.17, 15) is 0 Å². The zero-order valence-electron chi connectivity index (χ0n) is 13.0. The molecule has 0 unspecified atom stereocenters. The average molecular weight is 292 g/mol. The smallest absolute Gasteiger partial charge is 0.137 e. The average Bonchev–Trinajstić information content (AvgIpc) is 2.45. The lowest BCUT2D eigenvalue weighted by molar-refractivity contribution is -0.915. The molecular formula is C17H26NO3+. The standard InChI is InChI=1S/C17H25NO3/c1-4-10-19-16-5-7-17(8-6-16)20-11-9-18-12-14(2)21-15(3)13-18/h4-8,14-15H,1,9-13H2,2-3H3/p+1/t14-,15-/m0/s1. The van der Waals surface area contributed by atoms with Gasteiger partial charge in [-0.1, -0.05) is 12.7 Å². The molecule has 1 aliphatic heterocycles. The Morgan fingerprint density at radius 3 is 2.29 bits per heavy atom. The first-order valence-corrected chi connectivity index (χ1v) is 7.63. The summed E-state index contributed by atoms with van der Waals surface area (Å²) in [6, 6.07) is 7.73. The molecule has 1 fully saturated rings. The third-order valence-electron chi connectivity index (χ3n) is 3.53. The van der Waals surface area contributed by atoms with E-state index in [1.807, 2.05) is 24.3 Å². The molecule has 0 spiro atoms. The van der Waals surface area contributed by atoms with Crippen molar-refractivity contribution in [3.63, 3.8) is 0 Å². The second-order valence-corrected chi connectivity index (χ2v) is 5.59. The normalized spacial score (nSPS) is 25.3. The van der Waals surface area contributed by atoms with Gasteiger partial charge >= 0.3 is 0 Å². The molecular weight excluding hydrogens is 266 g/mol. The predicted molar refractivity (Wildman–Crippen MR) is 83.2 cm³/mol. The topological polar surface area (TPSA) is 32.1 Å². The molecule has 1 N–H and O–H groups in total. The summed E-state index contributed by atoms with van der Waals surface area (Å²) in [5.41, 5.74) is 0. The van der Waals surface area contributed by atoms with Crippen molar-refractivity contribution in [1.82, 2.24) is 0 Å². The number of nitrogens with one attached hydrogen (secondary N) is 1. The molecule has 2 rings (SSSR count). The lowest BCUT2D eigenvalue weighted by atomic mass is 10.2. The molecule has 0 radical (unpaired) electrons. The van der Waals surface area contributed by atoms with E-state index in [0.717, 1.165) is 37.7 Å². The fraction of sp³-hybridized carbons (Fsp3) is 0.529. The quantitative estimate of drug-likeness (QED) is 0.769. The van der Waals surface area contributed by atoms with Gasteiger partial charge in [-0.15, -0.1) is 0 Å². The number of rotatable bonds is 7. The summed E-state index contributed by atoms with van der Waals surface area (Å²) in [6.45, 7) is 12.3.